The van der Waals surface area contributed by atoms with Crippen molar-refractivity contribution in [1.82, 2.24) is 4.57 Å². The topological polar surface area (TPSA) is 46.1 Å². The third-order valence-corrected chi connectivity index (χ3v) is 4.36. The molecule has 1 N–H and O–H groups in total. The molecule has 0 spiro atoms. The van der Waals surface area contributed by atoms with E-state index in [0.29, 0.717) is 6.54 Å². The van der Waals surface area contributed by atoms with Gasteiger partial charge in [-0.2, -0.15) is 0 Å². The van der Waals surface area contributed by atoms with Gasteiger partial charge in [-0.15, -0.1) is 0 Å². The summed E-state index contributed by atoms with van der Waals surface area (Å²) < 4.78 is 4.37. The van der Waals surface area contributed by atoms with E-state index in [2.05, 4.69) is 46.5 Å². The van der Waals surface area contributed by atoms with Crippen molar-refractivity contribution >= 4 is 5.97 Å². The highest BCUT2D eigenvalue weighted by atomic mass is 16.4. The molecule has 2 aromatic rings. The molecular weight excluding hydrogens is 300 g/mol. The minimum absolute atomic E-state index is 0.169. The number of aryl methyl sites for hydroxylation is 1. The summed E-state index contributed by atoms with van der Waals surface area (Å²) in [6, 6.07) is 10.4. The van der Waals surface area contributed by atoms with Gasteiger partial charge in [-0.3, -0.25) is 4.79 Å². The standard InChI is InChI=1S/C20H28N2O2/c1-2-3-4-5-9-12-19-21(14-13-20(23)24)15-16-22(19)17-18-10-7-6-8-11-18/h6-8,10-11,15-16H,2-5,9,12-14,17H2,1H3/p+1. The molecule has 0 saturated heterocycles. The molecule has 0 bridgehead atoms. The van der Waals surface area contributed by atoms with Gasteiger partial charge in [0.15, 0.2) is 0 Å². The minimum atomic E-state index is -0.743. The van der Waals surface area contributed by atoms with E-state index in [4.69, 9.17) is 5.11 Å². The highest BCUT2D eigenvalue weighted by Crippen LogP contribution is 2.09. The summed E-state index contributed by atoms with van der Waals surface area (Å²) in [6.45, 7) is 3.61. The maximum absolute atomic E-state index is 10.9. The number of hydrogen-bond acceptors (Lipinski definition) is 1. The van der Waals surface area contributed by atoms with Crippen molar-refractivity contribution < 1.29 is 14.5 Å². The first-order chi connectivity index (χ1) is 11.7. The van der Waals surface area contributed by atoms with Gasteiger partial charge in [0.2, 0.25) is 0 Å². The van der Waals surface area contributed by atoms with Crippen LogP contribution in [0.15, 0.2) is 42.7 Å². The lowest BCUT2D eigenvalue weighted by atomic mass is 10.1. The first kappa shape index (κ1) is 18.2. The van der Waals surface area contributed by atoms with Crippen LogP contribution in [0.3, 0.4) is 0 Å². The number of carboxylic acid groups (broad SMARTS) is 1. The third-order valence-electron chi connectivity index (χ3n) is 4.36. The Morgan fingerprint density at radius 1 is 1.12 bits per heavy atom. The molecule has 0 saturated carbocycles. The lowest BCUT2D eigenvalue weighted by molar-refractivity contribution is -0.695. The summed E-state index contributed by atoms with van der Waals surface area (Å²) in [5.41, 5.74) is 1.27. The number of carbonyl (C=O) groups is 1. The summed E-state index contributed by atoms with van der Waals surface area (Å²) in [7, 11) is 0. The molecule has 24 heavy (non-hydrogen) atoms. The molecule has 0 fully saturated rings. The second-order valence-electron chi connectivity index (χ2n) is 6.33. The van der Waals surface area contributed by atoms with Crippen LogP contribution >= 0.6 is 0 Å². The van der Waals surface area contributed by atoms with E-state index in [9.17, 15) is 4.79 Å². The lowest BCUT2D eigenvalue weighted by Gasteiger charge is -2.06. The molecule has 4 nitrogen and oxygen atoms in total. The Balaban J connectivity index is 2.05. The van der Waals surface area contributed by atoms with Crippen molar-refractivity contribution in [1.29, 1.82) is 0 Å². The number of unbranched alkanes of at least 4 members (excludes halogenated alkanes) is 4. The number of rotatable bonds is 11. The Labute approximate surface area is 144 Å². The van der Waals surface area contributed by atoms with Crippen molar-refractivity contribution in [3.05, 3.63) is 54.1 Å². The summed E-state index contributed by atoms with van der Waals surface area (Å²) in [6.07, 6.45) is 11.5. The van der Waals surface area contributed by atoms with E-state index >= 15 is 0 Å². The van der Waals surface area contributed by atoms with E-state index in [1.54, 1.807) is 0 Å². The molecule has 2 rings (SSSR count). The number of hydrogen-bond donors (Lipinski definition) is 1. The van der Waals surface area contributed by atoms with Gasteiger partial charge in [0, 0.05) is 6.42 Å². The van der Waals surface area contributed by atoms with Gasteiger partial charge in [0.25, 0.3) is 5.82 Å². The van der Waals surface area contributed by atoms with E-state index in [0.717, 1.165) is 19.4 Å². The summed E-state index contributed by atoms with van der Waals surface area (Å²) in [4.78, 5) is 10.9. The molecule has 0 aliphatic heterocycles. The Bertz CT molecular complexity index is 620. The molecule has 0 unspecified atom stereocenters. The number of nitrogens with zero attached hydrogens (tertiary/aromatic N) is 2. The molecule has 130 valence electrons. The Hall–Kier alpha value is -2.10. The predicted octanol–water partition coefficient (Wildman–Crippen LogP) is 3.81. The van der Waals surface area contributed by atoms with E-state index in [-0.39, 0.29) is 6.42 Å². The molecule has 4 heteroatoms. The van der Waals surface area contributed by atoms with Crippen LogP contribution < -0.4 is 4.57 Å². The third kappa shape index (κ3) is 5.84. The maximum Gasteiger partial charge on any atom is 0.307 e. The van der Waals surface area contributed by atoms with Crippen molar-refractivity contribution in [2.24, 2.45) is 0 Å². The van der Waals surface area contributed by atoms with E-state index in [1.807, 2.05) is 12.3 Å². The first-order valence-corrected chi connectivity index (χ1v) is 9.04. The van der Waals surface area contributed by atoms with Crippen LogP contribution in [-0.4, -0.2) is 15.6 Å². The zero-order chi connectivity index (χ0) is 17.2. The van der Waals surface area contributed by atoms with Gasteiger partial charge >= 0.3 is 5.97 Å². The van der Waals surface area contributed by atoms with Crippen LogP contribution in [0.1, 0.15) is 56.8 Å². The fraction of sp³-hybridized carbons (Fsp3) is 0.500. The Morgan fingerprint density at radius 2 is 1.88 bits per heavy atom. The molecule has 1 heterocycles. The van der Waals surface area contributed by atoms with Gasteiger partial charge in [-0.05, 0) is 12.0 Å². The van der Waals surface area contributed by atoms with Crippen LogP contribution in [-0.2, 0) is 24.3 Å². The average molecular weight is 329 g/mol. The van der Waals surface area contributed by atoms with Gasteiger partial charge in [-0.1, -0.05) is 62.9 Å². The number of benzene rings is 1. The number of aliphatic carboxylic acids is 1. The second-order valence-corrected chi connectivity index (χ2v) is 6.33. The molecular formula is C20H29N2O2+. The van der Waals surface area contributed by atoms with E-state index in [1.165, 1.54) is 37.1 Å². The second kappa shape index (κ2) is 9.91. The molecule has 0 aliphatic carbocycles. The number of imidazole rings is 1. The van der Waals surface area contributed by atoms with Crippen LogP contribution in [0, 0.1) is 0 Å². The lowest BCUT2D eigenvalue weighted by Crippen LogP contribution is -2.38. The Morgan fingerprint density at radius 3 is 2.58 bits per heavy atom. The SMILES string of the molecule is CCCCCCCc1n(CCC(=O)O)cc[n+]1Cc1ccccc1. The van der Waals surface area contributed by atoms with E-state index < -0.39 is 5.97 Å². The highest BCUT2D eigenvalue weighted by molar-refractivity contribution is 5.66. The number of carboxylic acids is 1. The molecule has 0 radical (unpaired) electrons. The summed E-state index contributed by atoms with van der Waals surface area (Å²) in [5, 5.41) is 8.96. The van der Waals surface area contributed by atoms with Crippen LogP contribution in [0.4, 0.5) is 0 Å². The number of aromatic nitrogens is 2. The molecule has 0 atom stereocenters. The largest absolute Gasteiger partial charge is 0.481 e. The Kier molecular flexibility index (Phi) is 7.53. The monoisotopic (exact) mass is 329 g/mol. The molecule has 0 aliphatic rings. The zero-order valence-electron chi connectivity index (χ0n) is 14.7. The first-order valence-electron chi connectivity index (χ1n) is 9.04. The summed E-state index contributed by atoms with van der Waals surface area (Å²) >= 11 is 0. The minimum Gasteiger partial charge on any atom is -0.481 e. The average Bonchev–Trinajstić information content (AvgIpc) is 2.95. The maximum atomic E-state index is 10.9. The highest BCUT2D eigenvalue weighted by Gasteiger charge is 2.17. The van der Waals surface area contributed by atoms with Crippen LogP contribution in [0.25, 0.3) is 0 Å². The van der Waals surface area contributed by atoms with Crippen molar-refractivity contribution in [3.8, 4) is 0 Å². The smallest absolute Gasteiger partial charge is 0.307 e. The fourth-order valence-electron chi connectivity index (χ4n) is 3.02. The quantitative estimate of drug-likeness (QED) is 0.503. The van der Waals surface area contributed by atoms with Gasteiger partial charge in [0.1, 0.15) is 25.5 Å². The van der Waals surface area contributed by atoms with Crippen molar-refractivity contribution in [2.75, 3.05) is 0 Å². The van der Waals surface area contributed by atoms with Crippen molar-refractivity contribution in [3.63, 3.8) is 0 Å². The van der Waals surface area contributed by atoms with Gasteiger partial charge in [0.05, 0.1) is 6.42 Å². The van der Waals surface area contributed by atoms with Gasteiger partial charge < -0.3 is 5.11 Å². The fourth-order valence-corrected chi connectivity index (χ4v) is 3.02. The molecule has 1 aromatic carbocycles. The van der Waals surface area contributed by atoms with Crippen LogP contribution in [0.2, 0.25) is 0 Å². The van der Waals surface area contributed by atoms with Gasteiger partial charge in [-0.25, -0.2) is 9.13 Å². The predicted molar refractivity (Wildman–Crippen MR) is 94.9 cm³/mol. The summed E-state index contributed by atoms with van der Waals surface area (Å²) in [5.74, 6) is 0.490. The zero-order valence-corrected chi connectivity index (χ0v) is 14.7. The van der Waals surface area contributed by atoms with Crippen LogP contribution in [0.5, 0.6) is 0 Å². The molecule has 1 aromatic heterocycles. The van der Waals surface area contributed by atoms with Crippen molar-refractivity contribution in [2.45, 2.75) is 65.0 Å². The molecule has 0 amide bonds. The normalized spacial score (nSPS) is 10.9.